The Balaban J connectivity index is 1.96. The van der Waals surface area contributed by atoms with Crippen molar-refractivity contribution < 1.29 is 14.2 Å². The number of hydrogen-bond acceptors (Lipinski definition) is 2. The molecule has 0 saturated carbocycles. The van der Waals surface area contributed by atoms with E-state index in [0.717, 1.165) is 13.2 Å². The number of fused-ring (bicyclic) bond motifs is 1. The lowest BCUT2D eigenvalue weighted by Gasteiger charge is -2.22. The summed E-state index contributed by atoms with van der Waals surface area (Å²) in [6.07, 6.45) is 0.864. The summed E-state index contributed by atoms with van der Waals surface area (Å²) >= 11 is 0. The highest BCUT2D eigenvalue weighted by Crippen LogP contribution is 2.26. The summed E-state index contributed by atoms with van der Waals surface area (Å²) in [6.45, 7) is 5.35. The summed E-state index contributed by atoms with van der Waals surface area (Å²) in [5.41, 5.74) is 0. The van der Waals surface area contributed by atoms with Gasteiger partial charge in [-0.15, -0.1) is 0 Å². The van der Waals surface area contributed by atoms with Gasteiger partial charge in [-0.2, -0.15) is 0 Å². The number of rotatable bonds is 0. The van der Waals surface area contributed by atoms with Crippen molar-refractivity contribution in [1.82, 2.24) is 0 Å². The molecule has 0 aromatic heterocycles. The second kappa shape index (κ2) is 1.94. The van der Waals surface area contributed by atoms with Crippen molar-refractivity contribution in [3.8, 4) is 0 Å². The van der Waals surface area contributed by atoms with Crippen molar-refractivity contribution in [3.05, 3.63) is 0 Å². The standard InChI is InChI=1S/C7H12O3/c1-7(2)8-3-5-6(10-5)4-9-7/h5-6H,3-4H2,1-2H3/p+1. The van der Waals surface area contributed by atoms with Crippen molar-refractivity contribution >= 4 is 0 Å². The molecule has 1 N–H and O–H groups in total. The molecule has 0 bridgehead atoms. The molecule has 2 atom stereocenters. The van der Waals surface area contributed by atoms with E-state index in [0.29, 0.717) is 12.2 Å². The van der Waals surface area contributed by atoms with Gasteiger partial charge in [0.05, 0.1) is 0 Å². The molecule has 10 heavy (non-hydrogen) atoms. The van der Waals surface area contributed by atoms with Crippen LogP contribution in [0.4, 0.5) is 0 Å². The lowest BCUT2D eigenvalue weighted by molar-refractivity contribution is -0.219. The summed E-state index contributed by atoms with van der Waals surface area (Å²) in [5, 5.41) is 0. The molecule has 0 aromatic rings. The quantitative estimate of drug-likeness (QED) is 0.356. The third kappa shape index (κ3) is 1.17. The van der Waals surface area contributed by atoms with Gasteiger partial charge in [-0.25, -0.2) is 0 Å². The number of hydrogen-bond donors (Lipinski definition) is 0. The van der Waals surface area contributed by atoms with Crippen LogP contribution in [0.2, 0.25) is 0 Å². The second-order valence-electron chi connectivity index (χ2n) is 3.31. The lowest BCUT2D eigenvalue weighted by atomic mass is 10.3. The zero-order valence-electron chi connectivity index (χ0n) is 6.33. The van der Waals surface area contributed by atoms with Gasteiger partial charge in [0.1, 0.15) is 13.2 Å². The Hall–Kier alpha value is -0.120. The summed E-state index contributed by atoms with van der Waals surface area (Å²) < 4.78 is 15.1. The van der Waals surface area contributed by atoms with Gasteiger partial charge in [0.25, 0.3) is 12.2 Å². The van der Waals surface area contributed by atoms with E-state index in [-0.39, 0.29) is 5.79 Å². The first-order valence-corrected chi connectivity index (χ1v) is 3.65. The van der Waals surface area contributed by atoms with E-state index >= 15 is 0 Å². The molecule has 2 aliphatic heterocycles. The molecule has 2 fully saturated rings. The predicted molar refractivity (Wildman–Crippen MR) is 35.8 cm³/mol. The van der Waals surface area contributed by atoms with Crippen LogP contribution in [0.5, 0.6) is 0 Å². The molecule has 58 valence electrons. The monoisotopic (exact) mass is 145 g/mol. The molecule has 2 rings (SSSR count). The third-order valence-corrected chi connectivity index (χ3v) is 1.94. The van der Waals surface area contributed by atoms with Crippen LogP contribution in [0, 0.1) is 0 Å². The van der Waals surface area contributed by atoms with Crippen molar-refractivity contribution in [2.24, 2.45) is 0 Å². The third-order valence-electron chi connectivity index (χ3n) is 1.94. The summed E-state index contributed by atoms with van der Waals surface area (Å²) in [6, 6.07) is 0. The molecule has 2 aliphatic rings. The minimum absolute atomic E-state index is 0.386. The number of aliphatic hydroxyl groups is 2. The molecule has 2 unspecified atom stereocenters. The normalized spacial score (nSPS) is 43.8. The van der Waals surface area contributed by atoms with Gasteiger partial charge < -0.3 is 14.2 Å². The molecule has 3 nitrogen and oxygen atoms in total. The highest BCUT2D eigenvalue weighted by Gasteiger charge is 2.52. The zero-order valence-corrected chi connectivity index (χ0v) is 6.33. The van der Waals surface area contributed by atoms with Crippen molar-refractivity contribution in [1.29, 1.82) is 0 Å². The first-order valence-electron chi connectivity index (χ1n) is 3.65. The maximum absolute atomic E-state index is 5.43. The van der Waals surface area contributed by atoms with Gasteiger partial charge >= 0.3 is 0 Å². The molecule has 0 spiro atoms. The van der Waals surface area contributed by atoms with Crippen LogP contribution >= 0.6 is 0 Å². The highest BCUT2D eigenvalue weighted by atomic mass is 16.7. The maximum Gasteiger partial charge on any atom is 0.253 e. The zero-order chi connectivity index (χ0) is 7.19. The van der Waals surface area contributed by atoms with Crippen LogP contribution in [0.15, 0.2) is 0 Å². The van der Waals surface area contributed by atoms with E-state index in [9.17, 15) is 0 Å². The fraction of sp³-hybridized carbons (Fsp3) is 1.00. The lowest BCUT2D eigenvalue weighted by Crippen LogP contribution is -2.28. The molecular formula is C7H13O3+. The van der Waals surface area contributed by atoms with Gasteiger partial charge in [-0.1, -0.05) is 0 Å². The first-order chi connectivity index (χ1) is 4.67. The summed E-state index contributed by atoms with van der Waals surface area (Å²) in [7, 11) is 0. The Morgan fingerprint density at radius 2 is 1.70 bits per heavy atom. The minimum Gasteiger partial charge on any atom is -0.414 e. The minimum atomic E-state index is -0.386. The molecule has 0 aliphatic carbocycles. The van der Waals surface area contributed by atoms with Gasteiger partial charge in [0.2, 0.25) is 0 Å². The first kappa shape index (κ1) is 6.58. The van der Waals surface area contributed by atoms with E-state index in [1.54, 1.807) is 0 Å². The van der Waals surface area contributed by atoms with E-state index in [1.165, 1.54) is 0 Å². The van der Waals surface area contributed by atoms with E-state index in [1.807, 2.05) is 13.8 Å². The second-order valence-corrected chi connectivity index (χ2v) is 3.31. The van der Waals surface area contributed by atoms with Crippen LogP contribution < -0.4 is 0 Å². The Morgan fingerprint density at radius 3 is 2.20 bits per heavy atom. The molecule has 0 aromatic carbocycles. The van der Waals surface area contributed by atoms with E-state index in [2.05, 4.69) is 4.74 Å². The fourth-order valence-corrected chi connectivity index (χ4v) is 1.12. The molecule has 2 saturated heterocycles. The smallest absolute Gasteiger partial charge is 0.253 e. The van der Waals surface area contributed by atoms with Crippen molar-refractivity contribution in [2.75, 3.05) is 13.2 Å². The molecule has 2 heterocycles. The SMILES string of the molecule is CC1(C)OCC2[OH+]C2CO1. The van der Waals surface area contributed by atoms with Crippen LogP contribution in [-0.4, -0.2) is 35.9 Å². The highest BCUT2D eigenvalue weighted by molar-refractivity contribution is 4.85. The van der Waals surface area contributed by atoms with Gasteiger partial charge in [-0.3, -0.25) is 0 Å². The molecule has 3 heteroatoms. The Kier molecular flexibility index (Phi) is 1.27. The average Bonchev–Trinajstić information content (AvgIpc) is 2.56. The van der Waals surface area contributed by atoms with Crippen molar-refractivity contribution in [3.63, 3.8) is 0 Å². The summed E-state index contributed by atoms with van der Waals surface area (Å²) in [5.74, 6) is -0.386. The topological polar surface area (TPSA) is 31.3 Å². The Labute approximate surface area is 60.3 Å². The van der Waals surface area contributed by atoms with Crippen LogP contribution in [-0.2, 0) is 9.47 Å². The fourth-order valence-electron chi connectivity index (χ4n) is 1.12. The van der Waals surface area contributed by atoms with E-state index < -0.39 is 0 Å². The molecule has 0 radical (unpaired) electrons. The number of ether oxygens (including phenoxy) is 3. The van der Waals surface area contributed by atoms with Crippen molar-refractivity contribution in [2.45, 2.75) is 31.8 Å². The largest absolute Gasteiger partial charge is 0.414 e. The van der Waals surface area contributed by atoms with E-state index in [4.69, 9.17) is 9.47 Å². The van der Waals surface area contributed by atoms with Gasteiger partial charge in [0, 0.05) is 0 Å². The Bertz CT molecular complexity index is 130. The van der Waals surface area contributed by atoms with Gasteiger partial charge in [0.15, 0.2) is 5.79 Å². The molecule has 0 amide bonds. The van der Waals surface area contributed by atoms with Crippen LogP contribution in [0.3, 0.4) is 0 Å². The molecular weight excluding hydrogens is 132 g/mol. The van der Waals surface area contributed by atoms with Gasteiger partial charge in [-0.05, 0) is 13.8 Å². The summed E-state index contributed by atoms with van der Waals surface area (Å²) in [4.78, 5) is 0. The predicted octanol–water partition coefficient (Wildman–Crippen LogP) is 0.0481. The number of epoxide rings is 1. The maximum atomic E-state index is 5.43. The Morgan fingerprint density at radius 1 is 1.20 bits per heavy atom. The van der Waals surface area contributed by atoms with Crippen LogP contribution in [0.1, 0.15) is 13.8 Å². The average molecular weight is 145 g/mol. The van der Waals surface area contributed by atoms with Crippen LogP contribution in [0.25, 0.3) is 0 Å².